The topological polar surface area (TPSA) is 48.9 Å². The van der Waals surface area contributed by atoms with E-state index in [1.807, 2.05) is 0 Å². The molecule has 1 aliphatic rings. The highest BCUT2D eigenvalue weighted by Gasteiger charge is 2.19. The van der Waals surface area contributed by atoms with E-state index < -0.39 is 5.82 Å². The number of nitrogens with one attached hydrogen (secondary N) is 2. The summed E-state index contributed by atoms with van der Waals surface area (Å²) in [4.78, 5) is 6.63. The van der Waals surface area contributed by atoms with Crippen LogP contribution >= 0.6 is 24.0 Å². The van der Waals surface area contributed by atoms with Gasteiger partial charge in [-0.05, 0) is 62.0 Å². The lowest BCUT2D eigenvalue weighted by atomic mass is 9.97. The molecule has 2 rings (SSSR count). The van der Waals surface area contributed by atoms with Crippen LogP contribution < -0.4 is 10.6 Å². The zero-order chi connectivity index (χ0) is 18.8. The fourth-order valence-corrected chi connectivity index (χ4v) is 3.15. The Labute approximate surface area is 178 Å². The smallest absolute Gasteiger partial charge is 0.190 e. The summed E-state index contributed by atoms with van der Waals surface area (Å²) in [5, 5.41) is 6.50. The van der Waals surface area contributed by atoms with Crippen molar-refractivity contribution in [3.8, 4) is 0 Å². The molecule has 0 unspecified atom stereocenters. The first kappa shape index (κ1) is 24.0. The van der Waals surface area contributed by atoms with Crippen LogP contribution in [0.15, 0.2) is 23.2 Å². The first-order chi connectivity index (χ1) is 12.6. The number of hydrogen-bond donors (Lipinski definition) is 2. The molecule has 0 aromatic heterocycles. The Bertz CT molecular complexity index is 581. The van der Waals surface area contributed by atoms with Crippen LogP contribution in [-0.2, 0) is 11.2 Å². The molecule has 0 spiro atoms. The van der Waals surface area contributed by atoms with Gasteiger partial charge in [-0.2, -0.15) is 0 Å². The van der Waals surface area contributed by atoms with Crippen molar-refractivity contribution in [2.75, 3.05) is 53.5 Å². The molecular weight excluding hydrogens is 465 g/mol. The van der Waals surface area contributed by atoms with Crippen LogP contribution in [0, 0.1) is 17.6 Å². The second-order valence-electron chi connectivity index (χ2n) is 6.64. The number of ether oxygens (including phenoxy) is 1. The number of nitrogens with zero attached hydrogens (tertiary/aromatic N) is 2. The van der Waals surface area contributed by atoms with E-state index in [1.165, 1.54) is 6.07 Å². The molecule has 5 nitrogen and oxygen atoms in total. The molecule has 1 fully saturated rings. The molecule has 0 saturated carbocycles. The quantitative estimate of drug-likeness (QED) is 0.330. The molecule has 0 atom stereocenters. The normalized spacial score (nSPS) is 16.1. The summed E-state index contributed by atoms with van der Waals surface area (Å²) in [6.45, 7) is 5.34. The van der Waals surface area contributed by atoms with E-state index in [4.69, 9.17) is 4.74 Å². The SMILES string of the molecule is CN=C(NCCc1cc(F)ccc1F)NCC1CCN(CCOC)CC1.I. The maximum atomic E-state index is 13.6. The van der Waals surface area contributed by atoms with Gasteiger partial charge >= 0.3 is 0 Å². The number of likely N-dealkylation sites (tertiary alicyclic amines) is 1. The summed E-state index contributed by atoms with van der Waals surface area (Å²) in [5.74, 6) is 0.522. The summed E-state index contributed by atoms with van der Waals surface area (Å²) < 4.78 is 31.9. The Morgan fingerprint density at radius 3 is 2.67 bits per heavy atom. The van der Waals surface area contributed by atoms with Crippen molar-refractivity contribution in [2.24, 2.45) is 10.9 Å². The molecule has 1 aromatic rings. The number of guanidine groups is 1. The van der Waals surface area contributed by atoms with Gasteiger partial charge in [-0.25, -0.2) is 8.78 Å². The van der Waals surface area contributed by atoms with E-state index in [0.29, 0.717) is 30.4 Å². The molecule has 1 saturated heterocycles. The van der Waals surface area contributed by atoms with Crippen LogP contribution in [0.3, 0.4) is 0 Å². The van der Waals surface area contributed by atoms with Gasteiger partial charge in [0.15, 0.2) is 5.96 Å². The molecule has 0 radical (unpaired) electrons. The Hall–Kier alpha value is -1.00. The van der Waals surface area contributed by atoms with Crippen molar-refractivity contribution in [1.29, 1.82) is 0 Å². The Morgan fingerprint density at radius 1 is 1.26 bits per heavy atom. The third kappa shape index (κ3) is 8.69. The maximum Gasteiger partial charge on any atom is 0.190 e. The van der Waals surface area contributed by atoms with Crippen molar-refractivity contribution in [2.45, 2.75) is 19.3 Å². The van der Waals surface area contributed by atoms with Crippen LogP contribution in [0.2, 0.25) is 0 Å². The van der Waals surface area contributed by atoms with E-state index in [-0.39, 0.29) is 29.8 Å². The molecule has 2 N–H and O–H groups in total. The minimum Gasteiger partial charge on any atom is -0.383 e. The Morgan fingerprint density at radius 2 is 2.00 bits per heavy atom. The Balaban J connectivity index is 0.00000364. The monoisotopic (exact) mass is 496 g/mol. The standard InChI is InChI=1S/C19H30F2N4O.HI/c1-22-19(23-8-5-16-13-17(20)3-4-18(16)21)24-14-15-6-9-25(10-7-15)11-12-26-2;/h3-4,13,15H,5-12,14H2,1-2H3,(H2,22,23,24);1H. The molecule has 8 heteroatoms. The average Bonchev–Trinajstić information content (AvgIpc) is 2.66. The highest BCUT2D eigenvalue weighted by atomic mass is 127. The number of aliphatic imine (C=N–C) groups is 1. The largest absolute Gasteiger partial charge is 0.383 e. The molecule has 0 amide bonds. The third-order valence-electron chi connectivity index (χ3n) is 4.80. The molecule has 1 heterocycles. The van der Waals surface area contributed by atoms with Crippen LogP contribution in [0.25, 0.3) is 0 Å². The van der Waals surface area contributed by atoms with E-state index in [2.05, 4.69) is 20.5 Å². The van der Waals surface area contributed by atoms with Gasteiger partial charge in [0.2, 0.25) is 0 Å². The molecule has 1 aliphatic heterocycles. The highest BCUT2D eigenvalue weighted by molar-refractivity contribution is 14.0. The van der Waals surface area contributed by atoms with Gasteiger partial charge in [0, 0.05) is 33.8 Å². The first-order valence-electron chi connectivity index (χ1n) is 9.22. The lowest BCUT2D eigenvalue weighted by Gasteiger charge is -2.32. The zero-order valence-corrected chi connectivity index (χ0v) is 18.5. The van der Waals surface area contributed by atoms with Crippen LogP contribution in [-0.4, -0.2) is 64.3 Å². The van der Waals surface area contributed by atoms with Gasteiger partial charge in [0.25, 0.3) is 0 Å². The van der Waals surface area contributed by atoms with Gasteiger partial charge in [-0.1, -0.05) is 0 Å². The lowest BCUT2D eigenvalue weighted by Crippen LogP contribution is -2.43. The zero-order valence-electron chi connectivity index (χ0n) is 16.1. The summed E-state index contributed by atoms with van der Waals surface area (Å²) in [7, 11) is 3.45. The van der Waals surface area contributed by atoms with Crippen molar-refractivity contribution in [3.63, 3.8) is 0 Å². The van der Waals surface area contributed by atoms with Crippen LogP contribution in [0.5, 0.6) is 0 Å². The summed E-state index contributed by atoms with van der Waals surface area (Å²) in [5.41, 5.74) is 0.372. The summed E-state index contributed by atoms with van der Waals surface area (Å²) in [6.07, 6.45) is 2.71. The van der Waals surface area contributed by atoms with E-state index in [0.717, 1.165) is 57.8 Å². The van der Waals surface area contributed by atoms with Crippen molar-refractivity contribution < 1.29 is 13.5 Å². The first-order valence-corrected chi connectivity index (χ1v) is 9.22. The third-order valence-corrected chi connectivity index (χ3v) is 4.80. The molecule has 0 aliphatic carbocycles. The minimum absolute atomic E-state index is 0. The van der Waals surface area contributed by atoms with Gasteiger partial charge < -0.3 is 20.3 Å². The van der Waals surface area contributed by atoms with Gasteiger partial charge in [-0.3, -0.25) is 4.99 Å². The van der Waals surface area contributed by atoms with E-state index in [9.17, 15) is 8.78 Å². The van der Waals surface area contributed by atoms with Crippen LogP contribution in [0.1, 0.15) is 18.4 Å². The van der Waals surface area contributed by atoms with Crippen LogP contribution in [0.4, 0.5) is 8.78 Å². The molecule has 1 aromatic carbocycles. The Kier molecular flexibility index (Phi) is 11.8. The fourth-order valence-electron chi connectivity index (χ4n) is 3.15. The second kappa shape index (κ2) is 13.2. The number of piperidine rings is 1. The number of benzene rings is 1. The van der Waals surface area contributed by atoms with Gasteiger partial charge in [0.05, 0.1) is 6.61 Å². The lowest BCUT2D eigenvalue weighted by molar-refractivity contribution is 0.121. The number of rotatable bonds is 8. The van der Waals surface area contributed by atoms with Gasteiger partial charge in [-0.15, -0.1) is 24.0 Å². The van der Waals surface area contributed by atoms with Crippen molar-refractivity contribution in [3.05, 3.63) is 35.4 Å². The molecule has 154 valence electrons. The molecular formula is C19H31F2IN4O. The van der Waals surface area contributed by atoms with E-state index >= 15 is 0 Å². The number of halogens is 3. The predicted octanol–water partition coefficient (Wildman–Crippen LogP) is 2.65. The van der Waals surface area contributed by atoms with Gasteiger partial charge in [0.1, 0.15) is 11.6 Å². The fraction of sp³-hybridized carbons (Fsp3) is 0.632. The highest BCUT2D eigenvalue weighted by Crippen LogP contribution is 2.16. The number of methoxy groups -OCH3 is 1. The molecule has 27 heavy (non-hydrogen) atoms. The van der Waals surface area contributed by atoms with E-state index in [1.54, 1.807) is 14.2 Å². The maximum absolute atomic E-state index is 13.6. The second-order valence-corrected chi connectivity index (χ2v) is 6.64. The predicted molar refractivity (Wildman–Crippen MR) is 116 cm³/mol. The summed E-state index contributed by atoms with van der Waals surface area (Å²) in [6, 6.07) is 3.54. The van der Waals surface area contributed by atoms with Crippen molar-refractivity contribution >= 4 is 29.9 Å². The number of hydrogen-bond acceptors (Lipinski definition) is 3. The molecule has 0 bridgehead atoms. The van der Waals surface area contributed by atoms with Crippen molar-refractivity contribution in [1.82, 2.24) is 15.5 Å². The minimum atomic E-state index is -0.416. The summed E-state index contributed by atoms with van der Waals surface area (Å²) >= 11 is 0. The average molecular weight is 496 g/mol.